The van der Waals surface area contributed by atoms with Crippen molar-refractivity contribution >= 4 is 52.8 Å². The lowest BCUT2D eigenvalue weighted by atomic mass is 10.1. The van der Waals surface area contributed by atoms with Gasteiger partial charge in [0.1, 0.15) is 17.1 Å². The Hall–Kier alpha value is -4.50. The molecule has 1 aliphatic heterocycles. The summed E-state index contributed by atoms with van der Waals surface area (Å²) in [4.78, 5) is 51.2. The summed E-state index contributed by atoms with van der Waals surface area (Å²) in [5.74, 6) is -2.63. The van der Waals surface area contributed by atoms with E-state index in [1.165, 1.54) is 36.4 Å². The van der Waals surface area contributed by atoms with Crippen LogP contribution in [0.2, 0.25) is 5.02 Å². The zero-order valence-corrected chi connectivity index (χ0v) is 20.6. The van der Waals surface area contributed by atoms with Gasteiger partial charge in [0.2, 0.25) is 0 Å². The lowest BCUT2D eigenvalue weighted by Gasteiger charge is -2.26. The van der Waals surface area contributed by atoms with Crippen molar-refractivity contribution in [2.45, 2.75) is 13.8 Å². The van der Waals surface area contributed by atoms with Gasteiger partial charge in [0, 0.05) is 16.3 Å². The Labute approximate surface area is 216 Å². The number of carbonyl (C=O) groups is 4. The number of hydrogen-bond donors (Lipinski definition) is 2. The van der Waals surface area contributed by atoms with E-state index in [-0.39, 0.29) is 34.2 Å². The van der Waals surface area contributed by atoms with Crippen LogP contribution < -0.4 is 20.3 Å². The molecular formula is C27H21ClFN3O5. The Bertz CT molecular complexity index is 1450. The summed E-state index contributed by atoms with van der Waals surface area (Å²) in [6.07, 6.45) is 1.21. The van der Waals surface area contributed by atoms with Crippen molar-refractivity contribution in [3.05, 3.63) is 93.8 Å². The average Bonchev–Trinajstić information content (AvgIpc) is 2.84. The second-order valence-corrected chi connectivity index (χ2v) is 8.71. The van der Waals surface area contributed by atoms with E-state index < -0.39 is 29.6 Å². The molecule has 0 radical (unpaired) electrons. The maximum atomic E-state index is 13.3. The van der Waals surface area contributed by atoms with Crippen LogP contribution in [0.1, 0.15) is 16.7 Å². The van der Waals surface area contributed by atoms with Crippen molar-refractivity contribution in [2.75, 3.05) is 16.8 Å². The second-order valence-electron chi connectivity index (χ2n) is 8.27. The molecule has 0 unspecified atom stereocenters. The normalized spacial score (nSPS) is 14.5. The van der Waals surface area contributed by atoms with E-state index in [1.54, 1.807) is 0 Å². The molecule has 8 nitrogen and oxygen atoms in total. The fourth-order valence-electron chi connectivity index (χ4n) is 3.60. The molecule has 0 saturated carbocycles. The van der Waals surface area contributed by atoms with Gasteiger partial charge in [0.15, 0.2) is 6.61 Å². The molecule has 5 amide bonds. The number of aryl methyl sites for hydroxylation is 2. The van der Waals surface area contributed by atoms with Crippen LogP contribution in [-0.4, -0.2) is 30.4 Å². The predicted octanol–water partition coefficient (Wildman–Crippen LogP) is 4.78. The Morgan fingerprint density at radius 2 is 1.78 bits per heavy atom. The molecule has 0 aliphatic carbocycles. The lowest BCUT2D eigenvalue weighted by molar-refractivity contribution is -0.122. The number of nitrogens with zero attached hydrogens (tertiary/aromatic N) is 1. The summed E-state index contributed by atoms with van der Waals surface area (Å²) in [7, 11) is 0. The Balaban J connectivity index is 1.58. The van der Waals surface area contributed by atoms with Gasteiger partial charge in [0.25, 0.3) is 17.7 Å². The monoisotopic (exact) mass is 521 g/mol. The fourth-order valence-corrected chi connectivity index (χ4v) is 3.78. The number of amides is 5. The van der Waals surface area contributed by atoms with Crippen LogP contribution >= 0.6 is 11.6 Å². The van der Waals surface area contributed by atoms with Crippen LogP contribution in [0.25, 0.3) is 6.08 Å². The predicted molar refractivity (Wildman–Crippen MR) is 137 cm³/mol. The van der Waals surface area contributed by atoms with E-state index in [1.807, 2.05) is 32.0 Å². The molecule has 3 aromatic carbocycles. The first-order valence-electron chi connectivity index (χ1n) is 11.1. The third kappa shape index (κ3) is 5.84. The maximum Gasteiger partial charge on any atom is 0.335 e. The highest BCUT2D eigenvalue weighted by molar-refractivity contribution is 6.39. The molecule has 0 bridgehead atoms. The van der Waals surface area contributed by atoms with Crippen molar-refractivity contribution in [1.82, 2.24) is 5.32 Å². The molecule has 0 aromatic heterocycles. The topological polar surface area (TPSA) is 105 Å². The zero-order chi connectivity index (χ0) is 26.7. The van der Waals surface area contributed by atoms with Crippen LogP contribution in [0.3, 0.4) is 0 Å². The fraction of sp³-hybridized carbons (Fsp3) is 0.111. The standard InChI is InChI=1S/C27H21ClFN3O5/c1-15-3-4-16(2)22(11-15)30-24(33)14-37-23-10-5-18(28)12-17(23)13-21-25(34)31-27(36)32(26(21)35)20-8-6-19(29)7-9-20/h3-13H,14H2,1-2H3,(H,30,33)(H,31,34,36)/b21-13+. The van der Waals surface area contributed by atoms with Crippen molar-refractivity contribution in [1.29, 1.82) is 0 Å². The third-order valence-corrected chi connectivity index (χ3v) is 5.72. The van der Waals surface area contributed by atoms with Crippen LogP contribution in [-0.2, 0) is 14.4 Å². The van der Waals surface area contributed by atoms with Gasteiger partial charge in [-0.3, -0.25) is 19.7 Å². The van der Waals surface area contributed by atoms with E-state index >= 15 is 0 Å². The zero-order valence-electron chi connectivity index (χ0n) is 19.8. The Morgan fingerprint density at radius 3 is 2.51 bits per heavy atom. The minimum atomic E-state index is -0.968. The van der Waals surface area contributed by atoms with Crippen molar-refractivity contribution < 1.29 is 28.3 Å². The summed E-state index contributed by atoms with van der Waals surface area (Å²) >= 11 is 6.12. The minimum Gasteiger partial charge on any atom is -0.483 e. The van der Waals surface area contributed by atoms with Crippen molar-refractivity contribution in [3.63, 3.8) is 0 Å². The van der Waals surface area contributed by atoms with Gasteiger partial charge >= 0.3 is 6.03 Å². The first kappa shape index (κ1) is 25.6. The largest absolute Gasteiger partial charge is 0.483 e. The number of imide groups is 2. The van der Waals surface area contributed by atoms with Gasteiger partial charge < -0.3 is 10.1 Å². The van der Waals surface area contributed by atoms with Gasteiger partial charge in [-0.1, -0.05) is 23.7 Å². The van der Waals surface area contributed by atoms with Crippen LogP contribution in [0, 0.1) is 19.7 Å². The number of hydrogen-bond acceptors (Lipinski definition) is 5. The number of anilines is 2. The molecule has 0 atom stereocenters. The molecule has 188 valence electrons. The molecule has 1 fully saturated rings. The molecule has 3 aromatic rings. The summed E-state index contributed by atoms with van der Waals surface area (Å²) in [6.45, 7) is 3.42. The van der Waals surface area contributed by atoms with Crippen LogP contribution in [0.4, 0.5) is 20.6 Å². The second kappa shape index (κ2) is 10.6. The number of carbonyl (C=O) groups excluding carboxylic acids is 4. The number of nitrogens with one attached hydrogen (secondary N) is 2. The first-order valence-corrected chi connectivity index (χ1v) is 11.5. The summed E-state index contributed by atoms with van der Waals surface area (Å²) in [5.41, 5.74) is 2.46. The van der Waals surface area contributed by atoms with Gasteiger partial charge in [-0.2, -0.15) is 0 Å². The molecule has 37 heavy (non-hydrogen) atoms. The van der Waals surface area contributed by atoms with Crippen molar-refractivity contribution in [3.8, 4) is 5.75 Å². The summed E-state index contributed by atoms with van der Waals surface area (Å²) < 4.78 is 19.0. The summed E-state index contributed by atoms with van der Waals surface area (Å²) in [6, 6.07) is 13.8. The molecule has 4 rings (SSSR count). The number of urea groups is 1. The smallest absolute Gasteiger partial charge is 0.335 e. The molecule has 1 heterocycles. The quantitative estimate of drug-likeness (QED) is 0.359. The first-order chi connectivity index (χ1) is 17.6. The third-order valence-electron chi connectivity index (χ3n) is 5.48. The van der Waals surface area contributed by atoms with E-state index in [0.717, 1.165) is 28.2 Å². The highest BCUT2D eigenvalue weighted by atomic mass is 35.5. The molecule has 1 saturated heterocycles. The minimum absolute atomic E-state index is 0.0768. The number of ether oxygens (including phenoxy) is 1. The van der Waals surface area contributed by atoms with E-state index in [4.69, 9.17) is 16.3 Å². The average molecular weight is 522 g/mol. The SMILES string of the molecule is Cc1ccc(C)c(NC(=O)COc2ccc(Cl)cc2/C=C2\C(=O)NC(=O)N(c3ccc(F)cc3)C2=O)c1. The molecule has 2 N–H and O–H groups in total. The number of halogens is 2. The van der Waals surface area contributed by atoms with Gasteiger partial charge in [-0.05, 0) is 79.6 Å². The van der Waals surface area contributed by atoms with E-state index in [2.05, 4.69) is 10.6 Å². The maximum absolute atomic E-state index is 13.3. The van der Waals surface area contributed by atoms with E-state index in [9.17, 15) is 23.6 Å². The van der Waals surface area contributed by atoms with Gasteiger partial charge in [-0.25, -0.2) is 14.1 Å². The van der Waals surface area contributed by atoms with Gasteiger partial charge in [-0.15, -0.1) is 0 Å². The molecule has 10 heteroatoms. The van der Waals surface area contributed by atoms with Gasteiger partial charge in [0.05, 0.1) is 5.69 Å². The number of barbiturate groups is 1. The molecule has 1 aliphatic rings. The number of rotatable bonds is 6. The highest BCUT2D eigenvalue weighted by Gasteiger charge is 2.37. The Morgan fingerprint density at radius 1 is 1.05 bits per heavy atom. The van der Waals surface area contributed by atoms with Crippen LogP contribution in [0.5, 0.6) is 5.75 Å². The van der Waals surface area contributed by atoms with Crippen LogP contribution in [0.15, 0.2) is 66.2 Å². The lowest BCUT2D eigenvalue weighted by Crippen LogP contribution is -2.54. The molecule has 0 spiro atoms. The molecular weight excluding hydrogens is 501 g/mol. The number of benzene rings is 3. The Kier molecular flexibility index (Phi) is 7.35. The summed E-state index contributed by atoms with van der Waals surface area (Å²) in [5, 5.41) is 5.16. The van der Waals surface area contributed by atoms with Crippen molar-refractivity contribution in [2.24, 2.45) is 0 Å². The highest BCUT2D eigenvalue weighted by Crippen LogP contribution is 2.28. The van der Waals surface area contributed by atoms with E-state index in [0.29, 0.717) is 5.69 Å².